The van der Waals surface area contributed by atoms with Crippen molar-refractivity contribution >= 4 is 17.5 Å². The minimum Gasteiger partial charge on any atom is -0.507 e. The lowest BCUT2D eigenvalue weighted by atomic mass is 10.0. The summed E-state index contributed by atoms with van der Waals surface area (Å²) < 4.78 is 19.1. The maximum Gasteiger partial charge on any atom is 0.231 e. The van der Waals surface area contributed by atoms with E-state index in [1.165, 1.54) is 12.1 Å². The van der Waals surface area contributed by atoms with Crippen LogP contribution >= 0.6 is 0 Å². The summed E-state index contributed by atoms with van der Waals surface area (Å²) in [7, 11) is 0. The van der Waals surface area contributed by atoms with Crippen LogP contribution in [-0.4, -0.2) is 47.0 Å². The van der Waals surface area contributed by atoms with E-state index in [2.05, 4.69) is 14.8 Å². The lowest BCUT2D eigenvalue weighted by Gasteiger charge is -2.36. The highest BCUT2D eigenvalue weighted by atomic mass is 19.1. The van der Waals surface area contributed by atoms with Crippen LogP contribution in [0.15, 0.2) is 66.7 Å². The molecule has 0 aliphatic carbocycles. The van der Waals surface area contributed by atoms with Crippen molar-refractivity contribution in [2.45, 2.75) is 6.54 Å². The molecule has 3 heterocycles. The van der Waals surface area contributed by atoms with Crippen molar-refractivity contribution in [3.8, 4) is 11.5 Å². The number of halogens is 1. The molecule has 2 aromatic carbocycles. The zero-order chi connectivity index (χ0) is 22.1. The van der Waals surface area contributed by atoms with Crippen molar-refractivity contribution in [2.75, 3.05) is 31.1 Å². The predicted octanol–water partition coefficient (Wildman–Crippen LogP) is 3.86. The number of aromatic hydroxyl groups is 1. The SMILES string of the molecule is O=C1/C(=C/c2cccnc2)Oc2c1ccc(O)c2CN1CCN(c2ccc(F)cc2)CC1. The largest absolute Gasteiger partial charge is 0.507 e. The molecule has 0 unspecified atom stereocenters. The van der Waals surface area contributed by atoms with Gasteiger partial charge in [-0.1, -0.05) is 6.07 Å². The number of fused-ring (bicyclic) bond motifs is 1. The summed E-state index contributed by atoms with van der Waals surface area (Å²) in [6.07, 6.45) is 4.99. The Morgan fingerprint density at radius 1 is 1.06 bits per heavy atom. The molecule has 1 aromatic heterocycles. The molecular weight excluding hydrogens is 409 g/mol. The predicted molar refractivity (Wildman–Crippen MR) is 119 cm³/mol. The van der Waals surface area contributed by atoms with E-state index >= 15 is 0 Å². The zero-order valence-electron chi connectivity index (χ0n) is 17.4. The molecule has 2 aliphatic rings. The van der Waals surface area contributed by atoms with Crippen molar-refractivity contribution < 1.29 is 19.0 Å². The Kier molecular flexibility index (Phi) is 5.33. The van der Waals surface area contributed by atoms with E-state index in [9.17, 15) is 14.3 Å². The number of pyridine rings is 1. The highest BCUT2D eigenvalue weighted by Gasteiger charge is 2.32. The van der Waals surface area contributed by atoms with E-state index in [0.717, 1.165) is 37.4 Å². The van der Waals surface area contributed by atoms with Crippen LogP contribution in [-0.2, 0) is 6.54 Å². The maximum absolute atomic E-state index is 13.2. The van der Waals surface area contributed by atoms with Crippen molar-refractivity contribution in [1.82, 2.24) is 9.88 Å². The summed E-state index contributed by atoms with van der Waals surface area (Å²) in [5.41, 5.74) is 2.83. The normalized spacial score (nSPS) is 17.5. The summed E-state index contributed by atoms with van der Waals surface area (Å²) in [4.78, 5) is 21.3. The fourth-order valence-corrected chi connectivity index (χ4v) is 4.10. The number of rotatable bonds is 4. The molecule has 3 aromatic rings. The molecule has 0 radical (unpaired) electrons. The molecule has 2 aliphatic heterocycles. The Labute approximate surface area is 185 Å². The Balaban J connectivity index is 1.32. The van der Waals surface area contributed by atoms with Gasteiger partial charge in [0.2, 0.25) is 5.78 Å². The first-order valence-electron chi connectivity index (χ1n) is 10.5. The number of phenolic OH excluding ortho intramolecular Hbond substituents is 1. The summed E-state index contributed by atoms with van der Waals surface area (Å²) >= 11 is 0. The Morgan fingerprint density at radius 3 is 2.56 bits per heavy atom. The summed E-state index contributed by atoms with van der Waals surface area (Å²) in [5.74, 6) is 0.311. The molecule has 0 atom stereocenters. The van der Waals surface area contributed by atoms with Gasteiger partial charge in [-0.3, -0.25) is 14.7 Å². The van der Waals surface area contributed by atoms with E-state index in [0.29, 0.717) is 23.4 Å². The number of allylic oxidation sites excluding steroid dienone is 1. The number of carbonyl (C=O) groups is 1. The third-order valence-electron chi connectivity index (χ3n) is 5.84. The second-order valence-corrected chi connectivity index (χ2v) is 7.91. The van der Waals surface area contributed by atoms with Gasteiger partial charge in [0.05, 0.1) is 11.1 Å². The summed E-state index contributed by atoms with van der Waals surface area (Å²) in [6.45, 7) is 3.58. The lowest BCUT2D eigenvalue weighted by molar-refractivity contribution is 0.101. The highest BCUT2D eigenvalue weighted by Crippen LogP contribution is 2.40. The fourth-order valence-electron chi connectivity index (χ4n) is 4.10. The smallest absolute Gasteiger partial charge is 0.231 e. The van der Waals surface area contributed by atoms with E-state index < -0.39 is 0 Å². The van der Waals surface area contributed by atoms with Gasteiger partial charge in [-0.05, 0) is 54.1 Å². The molecular formula is C25H22FN3O3. The highest BCUT2D eigenvalue weighted by molar-refractivity contribution is 6.14. The summed E-state index contributed by atoms with van der Waals surface area (Å²) in [6, 6.07) is 13.3. The summed E-state index contributed by atoms with van der Waals surface area (Å²) in [5, 5.41) is 10.5. The lowest BCUT2D eigenvalue weighted by Crippen LogP contribution is -2.46. The Hall–Kier alpha value is -3.71. The van der Waals surface area contributed by atoms with Gasteiger partial charge in [0, 0.05) is 50.8 Å². The second-order valence-electron chi connectivity index (χ2n) is 7.91. The number of hydrogen-bond acceptors (Lipinski definition) is 6. The average Bonchev–Trinajstić information content (AvgIpc) is 3.13. The standard InChI is InChI=1S/C25H22FN3O3/c26-18-3-5-19(6-4-18)29-12-10-28(11-13-29)16-21-22(30)8-7-20-24(31)23(32-25(20)21)14-17-2-1-9-27-15-17/h1-9,14-15,30H,10-13,16H2/b23-14-. The number of hydrogen-bond donors (Lipinski definition) is 1. The molecule has 162 valence electrons. The monoisotopic (exact) mass is 431 g/mol. The van der Waals surface area contributed by atoms with E-state index in [1.807, 2.05) is 6.07 Å². The Morgan fingerprint density at radius 2 is 1.84 bits per heavy atom. The first-order chi connectivity index (χ1) is 15.6. The van der Waals surface area contributed by atoms with E-state index in [4.69, 9.17) is 4.74 Å². The van der Waals surface area contributed by atoms with Gasteiger partial charge in [0.25, 0.3) is 0 Å². The number of carbonyl (C=O) groups excluding carboxylic acids is 1. The number of anilines is 1. The van der Waals surface area contributed by atoms with Crippen LogP contribution in [0.2, 0.25) is 0 Å². The van der Waals surface area contributed by atoms with Crippen LogP contribution in [0.25, 0.3) is 6.08 Å². The molecule has 1 N–H and O–H groups in total. The molecule has 6 nitrogen and oxygen atoms in total. The third-order valence-corrected chi connectivity index (χ3v) is 5.84. The quantitative estimate of drug-likeness (QED) is 0.633. The molecule has 7 heteroatoms. The van der Waals surface area contributed by atoms with E-state index in [1.54, 1.807) is 48.8 Å². The number of piperazine rings is 1. The zero-order valence-corrected chi connectivity index (χ0v) is 17.4. The molecule has 5 rings (SSSR count). The molecule has 1 fully saturated rings. The van der Waals surface area contributed by atoms with Crippen LogP contribution in [0, 0.1) is 5.82 Å². The molecule has 32 heavy (non-hydrogen) atoms. The molecule has 0 amide bonds. The third kappa shape index (κ3) is 3.94. The number of benzene rings is 2. The van der Waals surface area contributed by atoms with Crippen molar-refractivity contribution in [3.63, 3.8) is 0 Å². The van der Waals surface area contributed by atoms with E-state index in [-0.39, 0.29) is 23.1 Å². The van der Waals surface area contributed by atoms with Crippen LogP contribution in [0.3, 0.4) is 0 Å². The van der Waals surface area contributed by atoms with Crippen LogP contribution < -0.4 is 9.64 Å². The molecule has 0 saturated carbocycles. The maximum atomic E-state index is 13.2. The number of Topliss-reactive ketones (excluding diaryl/α,β-unsaturated/α-hetero) is 1. The van der Waals surface area contributed by atoms with Crippen molar-refractivity contribution in [3.05, 3.63) is 89.2 Å². The second kappa shape index (κ2) is 8.43. The first-order valence-corrected chi connectivity index (χ1v) is 10.5. The fraction of sp³-hybridized carbons (Fsp3) is 0.200. The van der Waals surface area contributed by atoms with Gasteiger partial charge in [-0.25, -0.2) is 4.39 Å². The number of ether oxygens (including phenoxy) is 1. The topological polar surface area (TPSA) is 65.9 Å². The number of ketones is 1. The first kappa shape index (κ1) is 20.2. The van der Waals surface area contributed by atoms with Gasteiger partial charge in [0.15, 0.2) is 5.76 Å². The number of phenols is 1. The molecule has 1 saturated heterocycles. The van der Waals surface area contributed by atoms with Gasteiger partial charge < -0.3 is 14.7 Å². The molecule has 0 bridgehead atoms. The average molecular weight is 431 g/mol. The number of nitrogens with zero attached hydrogens (tertiary/aromatic N) is 3. The van der Waals surface area contributed by atoms with Crippen molar-refractivity contribution in [1.29, 1.82) is 0 Å². The van der Waals surface area contributed by atoms with Gasteiger partial charge in [0.1, 0.15) is 17.3 Å². The van der Waals surface area contributed by atoms with Crippen LogP contribution in [0.1, 0.15) is 21.5 Å². The van der Waals surface area contributed by atoms with Crippen LogP contribution in [0.4, 0.5) is 10.1 Å². The molecule has 0 spiro atoms. The number of aromatic nitrogens is 1. The Bertz CT molecular complexity index is 1170. The van der Waals surface area contributed by atoms with Crippen molar-refractivity contribution in [2.24, 2.45) is 0 Å². The van der Waals surface area contributed by atoms with Gasteiger partial charge in [-0.2, -0.15) is 0 Å². The van der Waals surface area contributed by atoms with Gasteiger partial charge in [-0.15, -0.1) is 0 Å². The minimum atomic E-state index is -0.243. The van der Waals surface area contributed by atoms with Crippen LogP contribution in [0.5, 0.6) is 11.5 Å². The minimum absolute atomic E-state index is 0.111. The van der Waals surface area contributed by atoms with Gasteiger partial charge >= 0.3 is 0 Å².